The zero-order chi connectivity index (χ0) is 20.8. The fourth-order valence-electron chi connectivity index (χ4n) is 3.80. The molecule has 7 heteroatoms. The summed E-state index contributed by atoms with van der Waals surface area (Å²) >= 11 is 0. The molecule has 0 spiro atoms. The monoisotopic (exact) mass is 399 g/mol. The van der Waals surface area contributed by atoms with Crippen LogP contribution in [0.3, 0.4) is 0 Å². The molecule has 3 rings (SSSR count). The first-order valence-corrected chi connectivity index (χ1v) is 10.2. The number of piperidine rings is 1. The maximum atomic E-state index is 5.43. The van der Waals surface area contributed by atoms with Crippen molar-refractivity contribution in [2.75, 3.05) is 64.8 Å². The molecule has 0 amide bonds. The number of rotatable bonds is 8. The summed E-state index contributed by atoms with van der Waals surface area (Å²) in [6.45, 7) is 3.04. The minimum Gasteiger partial charge on any atom is -0.493 e. The number of hydrogen-bond donors (Lipinski definition) is 0. The van der Waals surface area contributed by atoms with E-state index < -0.39 is 0 Å². The second-order valence-electron chi connectivity index (χ2n) is 7.79. The van der Waals surface area contributed by atoms with Gasteiger partial charge in [-0.1, -0.05) is 6.07 Å². The van der Waals surface area contributed by atoms with Crippen LogP contribution in [0.4, 0.5) is 11.6 Å². The number of anilines is 2. The summed E-state index contributed by atoms with van der Waals surface area (Å²) in [4.78, 5) is 15.7. The van der Waals surface area contributed by atoms with Gasteiger partial charge in [0.25, 0.3) is 0 Å². The summed E-state index contributed by atoms with van der Waals surface area (Å²) in [6, 6.07) is 8.76. The van der Waals surface area contributed by atoms with Gasteiger partial charge in [0.05, 0.1) is 14.2 Å². The molecule has 0 saturated carbocycles. The summed E-state index contributed by atoms with van der Waals surface area (Å²) < 4.78 is 10.8. The van der Waals surface area contributed by atoms with Crippen LogP contribution in [0.2, 0.25) is 0 Å². The van der Waals surface area contributed by atoms with E-state index in [0.29, 0.717) is 6.04 Å². The highest BCUT2D eigenvalue weighted by molar-refractivity contribution is 5.49. The lowest BCUT2D eigenvalue weighted by molar-refractivity contribution is 0.217. The minimum atomic E-state index is 0.515. The van der Waals surface area contributed by atoms with Gasteiger partial charge >= 0.3 is 0 Å². The molecule has 0 aliphatic carbocycles. The van der Waals surface area contributed by atoms with Crippen molar-refractivity contribution >= 4 is 11.6 Å². The van der Waals surface area contributed by atoms with Crippen LogP contribution >= 0.6 is 0 Å². The highest BCUT2D eigenvalue weighted by atomic mass is 16.5. The standard InChI is InChI=1S/C22H33N5O2/c1-25(2)21-14-22(24-16-23-21)27-11-6-7-18(15-27)26(3)12-10-17-8-9-19(28-4)20(13-17)29-5/h8-9,13-14,16,18H,6-7,10-12,15H2,1-5H3. The molecule has 1 unspecified atom stereocenters. The third kappa shape index (κ3) is 5.29. The topological polar surface area (TPSA) is 54.0 Å². The van der Waals surface area contributed by atoms with Crippen LogP contribution in [-0.4, -0.2) is 75.9 Å². The van der Waals surface area contributed by atoms with Crippen LogP contribution in [0, 0.1) is 0 Å². The summed E-state index contributed by atoms with van der Waals surface area (Å²) in [5.74, 6) is 3.52. The van der Waals surface area contributed by atoms with Crippen LogP contribution in [0.1, 0.15) is 18.4 Å². The van der Waals surface area contributed by atoms with E-state index in [0.717, 1.165) is 49.2 Å². The molecule has 1 fully saturated rings. The maximum absolute atomic E-state index is 5.43. The normalized spacial score (nSPS) is 16.8. The molecular weight excluding hydrogens is 366 g/mol. The highest BCUT2D eigenvalue weighted by Crippen LogP contribution is 2.28. The Hall–Kier alpha value is -2.54. The van der Waals surface area contributed by atoms with Gasteiger partial charge in [-0.15, -0.1) is 0 Å². The van der Waals surface area contributed by atoms with E-state index in [2.05, 4.69) is 45.0 Å². The number of likely N-dealkylation sites (N-methyl/N-ethyl adjacent to an activating group) is 1. The van der Waals surface area contributed by atoms with E-state index in [1.807, 2.05) is 25.1 Å². The first-order chi connectivity index (χ1) is 14.0. The third-order valence-electron chi connectivity index (χ3n) is 5.64. The van der Waals surface area contributed by atoms with Crippen molar-refractivity contribution < 1.29 is 9.47 Å². The average molecular weight is 400 g/mol. The Balaban J connectivity index is 1.60. The molecular formula is C22H33N5O2. The van der Waals surface area contributed by atoms with Crippen molar-refractivity contribution in [3.05, 3.63) is 36.2 Å². The lowest BCUT2D eigenvalue weighted by Gasteiger charge is -2.38. The summed E-state index contributed by atoms with van der Waals surface area (Å²) in [5.41, 5.74) is 1.26. The lowest BCUT2D eigenvalue weighted by Crippen LogP contribution is -2.47. The van der Waals surface area contributed by atoms with Crippen molar-refractivity contribution in [3.63, 3.8) is 0 Å². The van der Waals surface area contributed by atoms with Gasteiger partial charge in [0.15, 0.2) is 11.5 Å². The molecule has 0 N–H and O–H groups in total. The summed E-state index contributed by atoms with van der Waals surface area (Å²) in [7, 11) is 9.58. The summed E-state index contributed by atoms with van der Waals surface area (Å²) in [6.07, 6.45) is 5.03. The van der Waals surface area contributed by atoms with E-state index in [4.69, 9.17) is 9.47 Å². The van der Waals surface area contributed by atoms with Gasteiger partial charge in [0.1, 0.15) is 18.0 Å². The van der Waals surface area contributed by atoms with Crippen molar-refractivity contribution in [1.29, 1.82) is 0 Å². The van der Waals surface area contributed by atoms with Gasteiger partial charge in [-0.25, -0.2) is 9.97 Å². The van der Waals surface area contributed by atoms with Gasteiger partial charge < -0.3 is 24.2 Å². The van der Waals surface area contributed by atoms with E-state index in [-0.39, 0.29) is 0 Å². The predicted octanol–water partition coefficient (Wildman–Crippen LogP) is 2.70. The molecule has 1 aromatic carbocycles. The van der Waals surface area contributed by atoms with E-state index in [1.165, 1.54) is 18.4 Å². The van der Waals surface area contributed by atoms with Gasteiger partial charge in [0.2, 0.25) is 0 Å². The number of benzene rings is 1. The van der Waals surface area contributed by atoms with Crippen LogP contribution < -0.4 is 19.3 Å². The van der Waals surface area contributed by atoms with Crippen LogP contribution in [-0.2, 0) is 6.42 Å². The van der Waals surface area contributed by atoms with Crippen molar-refractivity contribution in [3.8, 4) is 11.5 Å². The van der Waals surface area contributed by atoms with Gasteiger partial charge in [0, 0.05) is 45.8 Å². The third-order valence-corrected chi connectivity index (χ3v) is 5.64. The largest absolute Gasteiger partial charge is 0.493 e. The first kappa shape index (κ1) is 21.2. The molecule has 1 atom stereocenters. The number of aromatic nitrogens is 2. The van der Waals surface area contributed by atoms with Crippen molar-refractivity contribution in [2.45, 2.75) is 25.3 Å². The molecule has 2 aromatic rings. The molecule has 7 nitrogen and oxygen atoms in total. The molecule has 1 aromatic heterocycles. The van der Waals surface area contributed by atoms with Gasteiger partial charge in [-0.2, -0.15) is 0 Å². The van der Waals surface area contributed by atoms with E-state index >= 15 is 0 Å². The highest BCUT2D eigenvalue weighted by Gasteiger charge is 2.24. The van der Waals surface area contributed by atoms with Crippen molar-refractivity contribution in [1.82, 2.24) is 14.9 Å². The molecule has 0 bridgehead atoms. The molecule has 1 saturated heterocycles. The molecule has 2 heterocycles. The van der Waals surface area contributed by atoms with E-state index in [9.17, 15) is 0 Å². The number of methoxy groups -OCH3 is 2. The zero-order valence-electron chi connectivity index (χ0n) is 18.3. The molecule has 0 radical (unpaired) electrons. The maximum Gasteiger partial charge on any atom is 0.160 e. The van der Waals surface area contributed by atoms with Crippen LogP contribution in [0.15, 0.2) is 30.6 Å². The lowest BCUT2D eigenvalue weighted by atomic mass is 10.0. The van der Waals surface area contributed by atoms with Gasteiger partial charge in [-0.05, 0) is 44.0 Å². The summed E-state index contributed by atoms with van der Waals surface area (Å²) in [5, 5.41) is 0. The van der Waals surface area contributed by atoms with Crippen LogP contribution in [0.5, 0.6) is 11.5 Å². The Morgan fingerprint density at radius 1 is 1.07 bits per heavy atom. The number of ether oxygens (including phenoxy) is 2. The Bertz CT molecular complexity index is 799. The Kier molecular flexibility index (Phi) is 7.14. The Morgan fingerprint density at radius 2 is 1.86 bits per heavy atom. The van der Waals surface area contributed by atoms with E-state index in [1.54, 1.807) is 20.5 Å². The fourth-order valence-corrected chi connectivity index (χ4v) is 3.80. The smallest absolute Gasteiger partial charge is 0.160 e. The molecule has 1 aliphatic rings. The average Bonchev–Trinajstić information content (AvgIpc) is 2.77. The van der Waals surface area contributed by atoms with Gasteiger partial charge in [-0.3, -0.25) is 0 Å². The zero-order valence-corrected chi connectivity index (χ0v) is 18.3. The minimum absolute atomic E-state index is 0.515. The quantitative estimate of drug-likeness (QED) is 0.676. The SMILES string of the molecule is COc1ccc(CCN(C)C2CCCN(c3cc(N(C)C)ncn3)C2)cc1OC. The van der Waals surface area contributed by atoms with Crippen LogP contribution in [0.25, 0.3) is 0 Å². The Morgan fingerprint density at radius 3 is 2.59 bits per heavy atom. The molecule has 158 valence electrons. The van der Waals surface area contributed by atoms with Crippen molar-refractivity contribution in [2.24, 2.45) is 0 Å². The second-order valence-corrected chi connectivity index (χ2v) is 7.79. The second kappa shape index (κ2) is 9.78. The first-order valence-electron chi connectivity index (χ1n) is 10.2. The predicted molar refractivity (Wildman–Crippen MR) is 117 cm³/mol. The molecule has 1 aliphatic heterocycles. The Labute approximate surface area is 174 Å². The molecule has 29 heavy (non-hydrogen) atoms. The number of nitrogens with zero attached hydrogens (tertiary/aromatic N) is 5. The fraction of sp³-hybridized carbons (Fsp3) is 0.545. The number of hydrogen-bond acceptors (Lipinski definition) is 7.